The molecule has 1 amide bonds. The summed E-state index contributed by atoms with van der Waals surface area (Å²) in [5.41, 5.74) is 1.56. The molecule has 6 fully saturated rings. The summed E-state index contributed by atoms with van der Waals surface area (Å²) in [6, 6.07) is 0. The van der Waals surface area contributed by atoms with Crippen molar-refractivity contribution < 1.29 is 23.9 Å². The molecule has 0 radical (unpaired) electrons. The van der Waals surface area contributed by atoms with Gasteiger partial charge in [0.25, 0.3) is 0 Å². The average molecular weight is 666 g/mol. The van der Waals surface area contributed by atoms with Crippen LogP contribution in [0, 0.1) is 68.5 Å². The highest BCUT2D eigenvalue weighted by Crippen LogP contribution is 2.77. The van der Waals surface area contributed by atoms with Crippen LogP contribution in [-0.4, -0.2) is 49.0 Å². The minimum atomic E-state index is -0.290. The molecule has 6 aliphatic rings. The van der Waals surface area contributed by atoms with Gasteiger partial charge in [-0.25, -0.2) is 0 Å². The number of hydrogen-bond donors (Lipinski definition) is 0. The van der Waals surface area contributed by atoms with Crippen molar-refractivity contribution in [2.45, 2.75) is 145 Å². The highest BCUT2D eigenvalue weighted by Gasteiger charge is 2.72. The van der Waals surface area contributed by atoms with E-state index in [1.165, 1.54) is 38.4 Å². The van der Waals surface area contributed by atoms with Crippen LogP contribution in [0.1, 0.15) is 139 Å². The van der Waals surface area contributed by atoms with Gasteiger partial charge in [-0.05, 0) is 142 Å². The molecular weight excluding hydrogens is 598 g/mol. The standard InChI is InChI=1S/C42H67NO5/c1-11-29(36(45)47-10)28-17-24-43(25-18-28)37(46)42-21-14-30(26(2)3)35(42)31-12-13-33-39(7)19-16-34(48-27(4)44)38(5,6)32(39)15-20-41(33,9)40(31,8)22-23-42/h28-35H,2,11-25H2,1,3-10H3/t29?,30-,31+,32-,33?,34-,35+,39-,40+,41+,42-/m0/s1. The first kappa shape index (κ1) is 36.0. The molecule has 5 aliphatic carbocycles. The molecule has 5 saturated carbocycles. The summed E-state index contributed by atoms with van der Waals surface area (Å²) < 4.78 is 11.1. The lowest BCUT2D eigenvalue weighted by Gasteiger charge is -2.73. The van der Waals surface area contributed by atoms with E-state index >= 15 is 0 Å². The number of likely N-dealkylation sites (tertiary alicyclic amines) is 1. The number of carbonyl (C=O) groups is 3. The zero-order valence-corrected chi connectivity index (χ0v) is 31.9. The molecule has 1 heterocycles. The van der Waals surface area contributed by atoms with E-state index < -0.39 is 0 Å². The molecule has 0 aromatic heterocycles. The molecule has 1 saturated heterocycles. The summed E-state index contributed by atoms with van der Waals surface area (Å²) in [6.07, 6.45) is 13.7. The second kappa shape index (κ2) is 12.4. The third kappa shape index (κ3) is 5.08. The maximum Gasteiger partial charge on any atom is 0.308 e. The van der Waals surface area contributed by atoms with Crippen LogP contribution in [0.5, 0.6) is 0 Å². The predicted octanol–water partition coefficient (Wildman–Crippen LogP) is 9.01. The molecule has 270 valence electrons. The quantitative estimate of drug-likeness (QED) is 0.209. The van der Waals surface area contributed by atoms with Gasteiger partial charge < -0.3 is 14.4 Å². The van der Waals surface area contributed by atoms with Gasteiger partial charge in [0.2, 0.25) is 5.91 Å². The van der Waals surface area contributed by atoms with Crippen molar-refractivity contribution in [1.82, 2.24) is 4.90 Å². The van der Waals surface area contributed by atoms with Crippen molar-refractivity contribution in [3.63, 3.8) is 0 Å². The number of carbonyl (C=O) groups excluding carboxylic acids is 3. The third-order valence-electron chi connectivity index (χ3n) is 17.1. The van der Waals surface area contributed by atoms with Gasteiger partial charge in [-0.2, -0.15) is 0 Å². The predicted molar refractivity (Wildman–Crippen MR) is 190 cm³/mol. The molecule has 0 spiro atoms. The normalized spacial score (nSPS) is 44.3. The SMILES string of the molecule is C=C(C)[C@@H]1CC[C@]2(C(=O)N3CCC(C(CC)C(=O)OC)CC3)CC[C@]3(C)[C@H](CCC4[C@@]5(C)CC[C@H](OC(C)=O)C(C)(C)[C@@H]5CC[C@]43C)[C@@H]12. The zero-order chi connectivity index (χ0) is 35.0. The van der Waals surface area contributed by atoms with Crippen LogP contribution in [0.2, 0.25) is 0 Å². The number of esters is 2. The molecule has 6 nitrogen and oxygen atoms in total. The van der Waals surface area contributed by atoms with Crippen LogP contribution in [-0.2, 0) is 23.9 Å². The molecule has 6 rings (SSSR count). The lowest BCUT2D eigenvalue weighted by molar-refractivity contribution is -0.249. The molecule has 11 atom stereocenters. The van der Waals surface area contributed by atoms with E-state index in [-0.39, 0.29) is 51.0 Å². The van der Waals surface area contributed by atoms with E-state index in [1.54, 1.807) is 6.92 Å². The Labute approximate surface area is 291 Å². The average Bonchev–Trinajstić information content (AvgIpc) is 3.44. The summed E-state index contributed by atoms with van der Waals surface area (Å²) in [6.45, 7) is 24.6. The third-order valence-corrected chi connectivity index (χ3v) is 17.1. The van der Waals surface area contributed by atoms with E-state index in [0.717, 1.165) is 70.9 Å². The summed E-state index contributed by atoms with van der Waals surface area (Å²) in [5, 5.41) is 0. The lowest BCUT2D eigenvalue weighted by Crippen LogP contribution is -2.67. The zero-order valence-electron chi connectivity index (χ0n) is 31.9. The van der Waals surface area contributed by atoms with Gasteiger partial charge in [0.1, 0.15) is 6.10 Å². The molecule has 1 aliphatic heterocycles. The van der Waals surface area contributed by atoms with Crippen molar-refractivity contribution >= 4 is 17.8 Å². The van der Waals surface area contributed by atoms with Crippen LogP contribution in [0.25, 0.3) is 0 Å². The van der Waals surface area contributed by atoms with Gasteiger partial charge in [-0.15, -0.1) is 0 Å². The van der Waals surface area contributed by atoms with E-state index in [1.807, 2.05) is 0 Å². The van der Waals surface area contributed by atoms with Crippen molar-refractivity contribution in [3.05, 3.63) is 12.2 Å². The van der Waals surface area contributed by atoms with Crippen molar-refractivity contribution in [1.29, 1.82) is 0 Å². The van der Waals surface area contributed by atoms with Crippen molar-refractivity contribution in [3.8, 4) is 0 Å². The summed E-state index contributed by atoms with van der Waals surface area (Å²) >= 11 is 0. The molecule has 2 unspecified atom stereocenters. The Kier molecular flexibility index (Phi) is 9.31. The van der Waals surface area contributed by atoms with Gasteiger partial charge >= 0.3 is 11.9 Å². The highest BCUT2D eigenvalue weighted by atomic mass is 16.5. The monoisotopic (exact) mass is 666 g/mol. The largest absolute Gasteiger partial charge is 0.469 e. The Balaban J connectivity index is 1.27. The summed E-state index contributed by atoms with van der Waals surface area (Å²) in [5.74, 6) is 2.85. The number of methoxy groups -OCH3 is 1. The topological polar surface area (TPSA) is 72.9 Å². The number of hydrogen-bond acceptors (Lipinski definition) is 5. The number of piperidine rings is 1. The summed E-state index contributed by atoms with van der Waals surface area (Å²) in [4.78, 5) is 41.8. The fourth-order valence-corrected chi connectivity index (χ4v) is 14.6. The Morgan fingerprint density at radius 2 is 1.50 bits per heavy atom. The number of ether oxygens (including phenoxy) is 2. The Morgan fingerprint density at radius 1 is 0.812 bits per heavy atom. The minimum absolute atomic E-state index is 0.00105. The van der Waals surface area contributed by atoms with Crippen LogP contribution < -0.4 is 0 Å². The second-order valence-electron chi connectivity index (χ2n) is 19.0. The Bertz CT molecular complexity index is 1300. The first-order chi connectivity index (χ1) is 22.5. The van der Waals surface area contributed by atoms with E-state index in [2.05, 4.69) is 59.9 Å². The molecule has 0 aromatic carbocycles. The number of amides is 1. The molecule has 0 N–H and O–H groups in total. The fraction of sp³-hybridized carbons (Fsp3) is 0.881. The van der Waals surface area contributed by atoms with Crippen LogP contribution in [0.15, 0.2) is 12.2 Å². The van der Waals surface area contributed by atoms with Gasteiger partial charge in [0, 0.05) is 25.4 Å². The van der Waals surface area contributed by atoms with Crippen molar-refractivity contribution in [2.75, 3.05) is 20.2 Å². The van der Waals surface area contributed by atoms with E-state index in [9.17, 15) is 14.4 Å². The van der Waals surface area contributed by atoms with Crippen LogP contribution in [0.4, 0.5) is 0 Å². The van der Waals surface area contributed by atoms with Crippen molar-refractivity contribution in [2.24, 2.45) is 68.5 Å². The summed E-state index contributed by atoms with van der Waals surface area (Å²) in [7, 11) is 1.49. The van der Waals surface area contributed by atoms with Gasteiger partial charge in [-0.1, -0.05) is 53.7 Å². The number of nitrogens with zero attached hydrogens (tertiary/aromatic N) is 1. The maximum atomic E-state index is 15.0. The molecule has 0 aromatic rings. The molecule has 48 heavy (non-hydrogen) atoms. The van der Waals surface area contributed by atoms with Gasteiger partial charge in [0.05, 0.1) is 18.4 Å². The smallest absolute Gasteiger partial charge is 0.308 e. The van der Waals surface area contributed by atoms with Crippen LogP contribution >= 0.6 is 0 Å². The first-order valence-corrected chi connectivity index (χ1v) is 19.7. The lowest BCUT2D eigenvalue weighted by atomic mass is 9.32. The van der Waals surface area contributed by atoms with E-state index in [0.29, 0.717) is 41.4 Å². The molecule has 6 heteroatoms. The van der Waals surface area contributed by atoms with Crippen LogP contribution in [0.3, 0.4) is 0 Å². The number of allylic oxidation sites excluding steroid dienone is 1. The second-order valence-corrected chi connectivity index (χ2v) is 19.0. The van der Waals surface area contributed by atoms with Gasteiger partial charge in [-0.3, -0.25) is 14.4 Å². The highest BCUT2D eigenvalue weighted by molar-refractivity contribution is 5.84. The minimum Gasteiger partial charge on any atom is -0.469 e. The maximum absolute atomic E-state index is 15.0. The fourth-order valence-electron chi connectivity index (χ4n) is 14.6. The van der Waals surface area contributed by atoms with Gasteiger partial charge in [0.15, 0.2) is 0 Å². The number of rotatable bonds is 6. The molecule has 0 bridgehead atoms. The number of fused-ring (bicyclic) bond motifs is 7. The Morgan fingerprint density at radius 3 is 2.10 bits per heavy atom. The Hall–Kier alpha value is -1.85. The molecular formula is C42H67NO5. The van der Waals surface area contributed by atoms with E-state index in [4.69, 9.17) is 9.47 Å². The first-order valence-electron chi connectivity index (χ1n) is 19.7.